The second-order valence-electron chi connectivity index (χ2n) is 4.41. The fourth-order valence-corrected chi connectivity index (χ4v) is 1.55. The molecule has 0 heterocycles. The van der Waals surface area contributed by atoms with Crippen molar-refractivity contribution in [3.05, 3.63) is 35.6 Å². The van der Waals surface area contributed by atoms with Gasteiger partial charge in [-0.15, -0.1) is 0 Å². The lowest BCUT2D eigenvalue weighted by Gasteiger charge is -2.16. The van der Waals surface area contributed by atoms with E-state index in [0.717, 1.165) is 5.56 Å². The lowest BCUT2D eigenvalue weighted by Crippen LogP contribution is -2.47. The Balaban J connectivity index is 2.42. The van der Waals surface area contributed by atoms with Crippen molar-refractivity contribution in [1.82, 2.24) is 10.6 Å². The Morgan fingerprint density at radius 3 is 2.32 bits per heavy atom. The Morgan fingerprint density at radius 2 is 1.79 bits per heavy atom. The Labute approximate surface area is 110 Å². The number of nitrogens with one attached hydrogen (secondary N) is 2. The molecule has 1 aromatic rings. The average molecular weight is 268 g/mol. The van der Waals surface area contributed by atoms with Crippen molar-refractivity contribution >= 4 is 12.0 Å². The molecule has 0 radical (unpaired) electrons. The second kappa shape index (κ2) is 6.72. The van der Waals surface area contributed by atoms with Crippen molar-refractivity contribution in [2.24, 2.45) is 0 Å². The molecule has 0 fully saturated rings. The molecular formula is C13H17FN2O3. The first-order valence-corrected chi connectivity index (χ1v) is 5.92. The van der Waals surface area contributed by atoms with Crippen molar-refractivity contribution < 1.29 is 19.1 Å². The number of carboxylic acids is 1. The minimum absolute atomic E-state index is 0.188. The molecule has 1 rings (SSSR count). The molecule has 3 N–H and O–H groups in total. The van der Waals surface area contributed by atoms with Crippen molar-refractivity contribution in [2.45, 2.75) is 32.4 Å². The number of hydrogen-bond donors (Lipinski definition) is 3. The van der Waals surface area contributed by atoms with Crippen LogP contribution < -0.4 is 10.6 Å². The first kappa shape index (κ1) is 14.9. The monoisotopic (exact) mass is 268 g/mol. The van der Waals surface area contributed by atoms with Gasteiger partial charge >= 0.3 is 12.0 Å². The van der Waals surface area contributed by atoms with Crippen LogP contribution in [0, 0.1) is 5.82 Å². The third kappa shape index (κ3) is 5.37. The highest BCUT2D eigenvalue weighted by Gasteiger charge is 2.15. The number of rotatable bonds is 5. The van der Waals surface area contributed by atoms with Crippen LogP contribution in [0.4, 0.5) is 9.18 Å². The van der Waals surface area contributed by atoms with E-state index in [4.69, 9.17) is 5.11 Å². The van der Waals surface area contributed by atoms with Crippen LogP contribution in [-0.4, -0.2) is 29.2 Å². The SMILES string of the molecule is CC(Cc1ccc(F)cc1)NC(=O)N[C@@H](C)C(=O)O. The van der Waals surface area contributed by atoms with Gasteiger partial charge in [0.15, 0.2) is 0 Å². The fourth-order valence-electron chi connectivity index (χ4n) is 1.55. The summed E-state index contributed by atoms with van der Waals surface area (Å²) in [6.45, 7) is 3.17. The van der Waals surface area contributed by atoms with Crippen LogP contribution in [0.2, 0.25) is 0 Å². The largest absolute Gasteiger partial charge is 0.480 e. The maximum atomic E-state index is 12.7. The summed E-state index contributed by atoms with van der Waals surface area (Å²) in [6.07, 6.45) is 0.537. The Bertz CT molecular complexity index is 448. The van der Waals surface area contributed by atoms with Gasteiger partial charge in [0, 0.05) is 6.04 Å². The number of carbonyl (C=O) groups excluding carboxylic acids is 1. The molecule has 1 aromatic carbocycles. The predicted molar refractivity (Wildman–Crippen MR) is 68.3 cm³/mol. The van der Waals surface area contributed by atoms with Crippen LogP contribution >= 0.6 is 0 Å². The molecule has 0 bridgehead atoms. The van der Waals surface area contributed by atoms with E-state index in [2.05, 4.69) is 10.6 Å². The molecule has 0 aliphatic heterocycles. The molecule has 0 aromatic heterocycles. The second-order valence-corrected chi connectivity index (χ2v) is 4.41. The zero-order valence-corrected chi connectivity index (χ0v) is 10.8. The van der Waals surface area contributed by atoms with Crippen molar-refractivity contribution in [3.8, 4) is 0 Å². The summed E-state index contributed by atoms with van der Waals surface area (Å²) >= 11 is 0. The smallest absolute Gasteiger partial charge is 0.325 e. The average Bonchev–Trinajstić information content (AvgIpc) is 2.31. The van der Waals surface area contributed by atoms with E-state index < -0.39 is 18.0 Å². The summed E-state index contributed by atoms with van der Waals surface area (Å²) in [5.41, 5.74) is 0.889. The summed E-state index contributed by atoms with van der Waals surface area (Å²) in [7, 11) is 0. The van der Waals surface area contributed by atoms with Crippen LogP contribution in [0.1, 0.15) is 19.4 Å². The normalized spacial score (nSPS) is 13.4. The van der Waals surface area contributed by atoms with Crippen molar-refractivity contribution in [1.29, 1.82) is 0 Å². The summed E-state index contributed by atoms with van der Waals surface area (Å²) in [5, 5.41) is 13.6. The number of carbonyl (C=O) groups is 2. The number of benzene rings is 1. The van der Waals surface area contributed by atoms with Crippen LogP contribution in [-0.2, 0) is 11.2 Å². The predicted octanol–water partition coefficient (Wildman–Crippen LogP) is 1.53. The number of aliphatic carboxylic acids is 1. The first-order valence-electron chi connectivity index (χ1n) is 5.92. The highest BCUT2D eigenvalue weighted by molar-refractivity contribution is 5.82. The van der Waals surface area contributed by atoms with Crippen LogP contribution in [0.3, 0.4) is 0 Å². The Kier molecular flexibility index (Phi) is 5.29. The summed E-state index contributed by atoms with van der Waals surface area (Å²) < 4.78 is 12.7. The molecule has 19 heavy (non-hydrogen) atoms. The summed E-state index contributed by atoms with van der Waals surface area (Å²) in [6, 6.07) is 4.33. The van der Waals surface area contributed by atoms with Crippen LogP contribution in [0.15, 0.2) is 24.3 Å². The highest BCUT2D eigenvalue weighted by atomic mass is 19.1. The highest BCUT2D eigenvalue weighted by Crippen LogP contribution is 2.05. The standard InChI is InChI=1S/C13H17FN2O3/c1-8(7-10-3-5-11(14)6-4-10)15-13(19)16-9(2)12(17)18/h3-6,8-9H,7H2,1-2H3,(H,17,18)(H2,15,16,19)/t8?,9-/m0/s1. The topological polar surface area (TPSA) is 78.4 Å². The van der Waals surface area contributed by atoms with E-state index in [1.165, 1.54) is 19.1 Å². The van der Waals surface area contributed by atoms with Crippen LogP contribution in [0.25, 0.3) is 0 Å². The van der Waals surface area contributed by atoms with Gasteiger partial charge < -0.3 is 15.7 Å². The van der Waals surface area contributed by atoms with Gasteiger partial charge in [-0.05, 0) is 38.0 Å². The van der Waals surface area contributed by atoms with E-state index in [-0.39, 0.29) is 11.9 Å². The number of carboxylic acid groups (broad SMARTS) is 1. The van der Waals surface area contributed by atoms with E-state index in [1.54, 1.807) is 19.1 Å². The lowest BCUT2D eigenvalue weighted by atomic mass is 10.1. The van der Waals surface area contributed by atoms with E-state index in [1.807, 2.05) is 0 Å². The lowest BCUT2D eigenvalue weighted by molar-refractivity contribution is -0.138. The number of halogens is 1. The van der Waals surface area contributed by atoms with Gasteiger partial charge in [-0.3, -0.25) is 4.79 Å². The first-order chi connectivity index (χ1) is 8.88. The zero-order chi connectivity index (χ0) is 14.4. The van der Waals surface area contributed by atoms with Crippen molar-refractivity contribution in [2.75, 3.05) is 0 Å². The quantitative estimate of drug-likeness (QED) is 0.757. The zero-order valence-electron chi connectivity index (χ0n) is 10.8. The molecule has 2 atom stereocenters. The van der Waals surface area contributed by atoms with E-state index in [9.17, 15) is 14.0 Å². The summed E-state index contributed by atoms with van der Waals surface area (Å²) in [5.74, 6) is -1.40. The molecule has 1 unspecified atom stereocenters. The van der Waals surface area contributed by atoms with Gasteiger partial charge in [0.05, 0.1) is 0 Å². The Hall–Kier alpha value is -2.11. The van der Waals surface area contributed by atoms with Crippen LogP contribution in [0.5, 0.6) is 0 Å². The van der Waals surface area contributed by atoms with E-state index >= 15 is 0 Å². The molecule has 2 amide bonds. The Morgan fingerprint density at radius 1 is 1.21 bits per heavy atom. The molecule has 0 saturated heterocycles. The minimum atomic E-state index is -1.10. The molecule has 0 aliphatic carbocycles. The van der Waals surface area contributed by atoms with Gasteiger partial charge in [-0.25, -0.2) is 9.18 Å². The maximum Gasteiger partial charge on any atom is 0.325 e. The molecule has 0 aliphatic rings. The molecule has 6 heteroatoms. The van der Waals surface area contributed by atoms with Crippen molar-refractivity contribution in [3.63, 3.8) is 0 Å². The van der Waals surface area contributed by atoms with Gasteiger partial charge in [-0.1, -0.05) is 12.1 Å². The third-order valence-electron chi connectivity index (χ3n) is 2.55. The van der Waals surface area contributed by atoms with Gasteiger partial charge in [0.2, 0.25) is 0 Å². The molecule has 5 nitrogen and oxygen atoms in total. The molecule has 104 valence electrons. The minimum Gasteiger partial charge on any atom is -0.480 e. The van der Waals surface area contributed by atoms with E-state index in [0.29, 0.717) is 6.42 Å². The molecule has 0 saturated carbocycles. The third-order valence-corrected chi connectivity index (χ3v) is 2.55. The number of hydrogen-bond acceptors (Lipinski definition) is 2. The fraction of sp³-hybridized carbons (Fsp3) is 0.385. The molecule has 0 spiro atoms. The van der Waals surface area contributed by atoms with Gasteiger partial charge in [0.1, 0.15) is 11.9 Å². The summed E-state index contributed by atoms with van der Waals surface area (Å²) in [4.78, 5) is 22.0. The number of amides is 2. The maximum absolute atomic E-state index is 12.7. The van der Waals surface area contributed by atoms with Gasteiger partial charge in [0.25, 0.3) is 0 Å². The molecular weight excluding hydrogens is 251 g/mol. The number of urea groups is 1. The van der Waals surface area contributed by atoms with Gasteiger partial charge in [-0.2, -0.15) is 0 Å².